The Morgan fingerprint density at radius 3 is 1.11 bits per heavy atom. The SMILES string of the molecule is CCC1=C(CC)C(CC)=C([Si](OC)(OC)C2=C(CC)C(CC)=C(CC)C2)C1. The van der Waals surface area contributed by atoms with E-state index in [4.69, 9.17) is 8.85 Å². The number of hydrogen-bond acceptors (Lipinski definition) is 2. The van der Waals surface area contributed by atoms with Gasteiger partial charge in [-0.2, -0.15) is 0 Å². The molecule has 2 aliphatic rings. The van der Waals surface area contributed by atoms with Gasteiger partial charge in [-0.3, -0.25) is 0 Å². The van der Waals surface area contributed by atoms with Crippen molar-refractivity contribution in [2.75, 3.05) is 14.2 Å². The predicted molar refractivity (Wildman–Crippen MR) is 119 cm³/mol. The molecule has 0 fully saturated rings. The fourth-order valence-corrected chi connectivity index (χ4v) is 9.35. The van der Waals surface area contributed by atoms with Crippen LogP contribution < -0.4 is 0 Å². The summed E-state index contributed by atoms with van der Waals surface area (Å²) in [4.78, 5) is 0. The molecule has 0 heterocycles. The number of rotatable bonds is 10. The second-order valence-corrected chi connectivity index (χ2v) is 10.8. The van der Waals surface area contributed by atoms with E-state index < -0.39 is 8.56 Å². The first kappa shape index (κ1) is 22.4. The third-order valence-corrected chi connectivity index (χ3v) is 10.4. The second-order valence-electron chi connectivity index (χ2n) is 7.58. The van der Waals surface area contributed by atoms with E-state index in [2.05, 4.69) is 41.5 Å². The van der Waals surface area contributed by atoms with E-state index in [-0.39, 0.29) is 0 Å². The topological polar surface area (TPSA) is 18.5 Å². The van der Waals surface area contributed by atoms with E-state index in [1.165, 1.54) is 21.5 Å². The summed E-state index contributed by atoms with van der Waals surface area (Å²) in [6, 6.07) is 0. The van der Waals surface area contributed by atoms with Crippen molar-refractivity contribution in [3.63, 3.8) is 0 Å². The Hall–Kier alpha value is -0.903. The Labute approximate surface area is 168 Å². The summed E-state index contributed by atoms with van der Waals surface area (Å²) >= 11 is 0. The maximum Gasteiger partial charge on any atom is 0.399 e. The van der Waals surface area contributed by atoms with Crippen LogP contribution in [0.15, 0.2) is 43.8 Å². The van der Waals surface area contributed by atoms with Gasteiger partial charge in [-0.1, -0.05) is 52.7 Å². The molecule has 0 spiro atoms. The van der Waals surface area contributed by atoms with Gasteiger partial charge in [0, 0.05) is 14.2 Å². The van der Waals surface area contributed by atoms with Crippen LogP contribution in [0, 0.1) is 0 Å². The number of hydrogen-bond donors (Lipinski definition) is 0. The molecular weight excluding hydrogens is 348 g/mol. The van der Waals surface area contributed by atoms with Crippen molar-refractivity contribution in [1.82, 2.24) is 0 Å². The average molecular weight is 389 g/mol. The van der Waals surface area contributed by atoms with Crippen molar-refractivity contribution >= 4 is 8.56 Å². The molecule has 0 aliphatic heterocycles. The van der Waals surface area contributed by atoms with Crippen LogP contribution >= 0.6 is 0 Å². The average Bonchev–Trinajstić information content (AvgIpc) is 3.26. The van der Waals surface area contributed by atoms with Crippen LogP contribution in [-0.2, 0) is 8.85 Å². The van der Waals surface area contributed by atoms with Crippen molar-refractivity contribution in [2.45, 2.75) is 92.9 Å². The summed E-state index contributed by atoms with van der Waals surface area (Å²) in [7, 11) is 1.18. The van der Waals surface area contributed by atoms with E-state index >= 15 is 0 Å². The van der Waals surface area contributed by atoms with Gasteiger partial charge in [-0.25, -0.2) is 0 Å². The molecule has 0 unspecified atom stereocenters. The maximum atomic E-state index is 6.44. The van der Waals surface area contributed by atoms with Crippen LogP contribution in [0.2, 0.25) is 0 Å². The molecule has 0 bridgehead atoms. The maximum absolute atomic E-state index is 6.44. The fraction of sp³-hybridized carbons (Fsp3) is 0.667. The predicted octanol–water partition coefficient (Wildman–Crippen LogP) is 7.25. The number of allylic oxidation sites excluding steroid dienone is 8. The van der Waals surface area contributed by atoms with E-state index in [1.54, 1.807) is 22.3 Å². The molecule has 2 rings (SSSR count). The van der Waals surface area contributed by atoms with E-state index in [9.17, 15) is 0 Å². The lowest BCUT2D eigenvalue weighted by molar-refractivity contribution is 0.260. The van der Waals surface area contributed by atoms with Crippen LogP contribution in [0.25, 0.3) is 0 Å². The molecule has 3 heteroatoms. The van der Waals surface area contributed by atoms with Gasteiger partial charge in [-0.15, -0.1) is 0 Å². The Morgan fingerprint density at radius 1 is 0.556 bits per heavy atom. The molecule has 0 radical (unpaired) electrons. The summed E-state index contributed by atoms with van der Waals surface area (Å²) in [5.74, 6) is 0. The first-order chi connectivity index (χ1) is 13.0. The van der Waals surface area contributed by atoms with Gasteiger partial charge in [0.1, 0.15) is 0 Å². The smallest absolute Gasteiger partial charge is 0.391 e. The summed E-state index contributed by atoms with van der Waals surface area (Å²) in [6.07, 6.45) is 8.76. The Kier molecular flexibility index (Phi) is 7.90. The molecule has 0 saturated heterocycles. The summed E-state index contributed by atoms with van der Waals surface area (Å²) in [6.45, 7) is 13.8. The summed E-state index contributed by atoms with van der Waals surface area (Å²) in [5.41, 5.74) is 9.44. The van der Waals surface area contributed by atoms with Crippen LogP contribution in [-0.4, -0.2) is 22.8 Å². The molecule has 152 valence electrons. The Morgan fingerprint density at radius 2 is 0.889 bits per heavy atom. The van der Waals surface area contributed by atoms with Crippen molar-refractivity contribution in [3.05, 3.63) is 43.8 Å². The monoisotopic (exact) mass is 388 g/mol. The molecule has 0 aromatic heterocycles. The van der Waals surface area contributed by atoms with Crippen LogP contribution in [0.4, 0.5) is 0 Å². The third-order valence-electron chi connectivity index (χ3n) is 6.73. The van der Waals surface area contributed by atoms with Gasteiger partial charge in [-0.05, 0) is 84.1 Å². The van der Waals surface area contributed by atoms with Crippen molar-refractivity contribution in [3.8, 4) is 0 Å². The standard InChI is InChI=1S/C24H40O2Si/c1-9-17-15-23(21(13-5)19(17)11-3)27(25-7,26-8)24-16-18(10-2)20(12-4)22(24)14-6/h9-16H2,1-8H3. The zero-order valence-electron chi connectivity index (χ0n) is 19.0. The quantitative estimate of drug-likeness (QED) is 0.367. The highest BCUT2D eigenvalue weighted by Gasteiger charge is 2.50. The zero-order valence-corrected chi connectivity index (χ0v) is 20.0. The summed E-state index contributed by atoms with van der Waals surface area (Å²) in [5, 5.41) is 3.00. The van der Waals surface area contributed by atoms with E-state index in [0.29, 0.717) is 0 Å². The highest BCUT2D eigenvalue weighted by molar-refractivity contribution is 6.82. The lowest BCUT2D eigenvalue weighted by Crippen LogP contribution is -2.46. The highest BCUT2D eigenvalue weighted by Crippen LogP contribution is 2.49. The minimum absolute atomic E-state index is 1.06. The first-order valence-electron chi connectivity index (χ1n) is 11.0. The molecule has 2 aliphatic carbocycles. The van der Waals surface area contributed by atoms with Gasteiger partial charge in [0.05, 0.1) is 0 Å². The molecule has 0 atom stereocenters. The molecule has 0 saturated carbocycles. The lowest BCUT2D eigenvalue weighted by atomic mass is 10.0. The van der Waals surface area contributed by atoms with Crippen LogP contribution in [0.5, 0.6) is 0 Å². The van der Waals surface area contributed by atoms with Gasteiger partial charge in [0.15, 0.2) is 0 Å². The van der Waals surface area contributed by atoms with Gasteiger partial charge >= 0.3 is 8.56 Å². The van der Waals surface area contributed by atoms with Crippen molar-refractivity contribution in [2.24, 2.45) is 0 Å². The highest BCUT2D eigenvalue weighted by atomic mass is 28.4. The fourth-order valence-electron chi connectivity index (χ4n) is 5.49. The van der Waals surface area contributed by atoms with E-state index in [1.807, 2.05) is 14.2 Å². The minimum atomic E-state index is -2.60. The first-order valence-corrected chi connectivity index (χ1v) is 12.8. The van der Waals surface area contributed by atoms with Gasteiger partial charge < -0.3 is 8.85 Å². The third kappa shape index (κ3) is 3.59. The Balaban J connectivity index is 2.67. The summed E-state index contributed by atoms with van der Waals surface area (Å²) < 4.78 is 12.9. The largest absolute Gasteiger partial charge is 0.399 e. The molecule has 2 nitrogen and oxygen atoms in total. The van der Waals surface area contributed by atoms with Gasteiger partial charge in [0.2, 0.25) is 0 Å². The van der Waals surface area contributed by atoms with Gasteiger partial charge in [0.25, 0.3) is 0 Å². The van der Waals surface area contributed by atoms with Crippen molar-refractivity contribution in [1.29, 1.82) is 0 Å². The molecule has 0 aromatic carbocycles. The lowest BCUT2D eigenvalue weighted by Gasteiger charge is -2.33. The Bertz CT molecular complexity index is 631. The molecule has 27 heavy (non-hydrogen) atoms. The second kappa shape index (κ2) is 9.53. The minimum Gasteiger partial charge on any atom is -0.391 e. The van der Waals surface area contributed by atoms with Crippen LogP contribution in [0.3, 0.4) is 0 Å². The van der Waals surface area contributed by atoms with Crippen molar-refractivity contribution < 1.29 is 8.85 Å². The normalized spacial score (nSPS) is 18.7. The molecule has 0 N–H and O–H groups in total. The van der Waals surface area contributed by atoms with E-state index in [0.717, 1.165) is 51.4 Å². The zero-order chi connectivity index (χ0) is 20.2. The molecule has 0 amide bonds. The molecule has 0 aromatic rings. The molecular formula is C24H40O2Si. The van der Waals surface area contributed by atoms with Crippen LogP contribution in [0.1, 0.15) is 92.9 Å².